The van der Waals surface area contributed by atoms with E-state index in [0.717, 1.165) is 36.9 Å². The van der Waals surface area contributed by atoms with Gasteiger partial charge in [-0.05, 0) is 51.7 Å². The number of hydrogen-bond donors (Lipinski definition) is 1. The second kappa shape index (κ2) is 7.46. The standard InChI is InChI=1S/C18H20FN3O3/c1-11(2)24-18(23)25-16-12-7-3-5-9-14(12)20-17(22-16)21-15-10-6-4-8-13(15)19/h4,6,8,10-11H,3,5,7,9H2,1-2H3,(H,20,21,22). The van der Waals surface area contributed by atoms with Gasteiger partial charge in [0.15, 0.2) is 0 Å². The third-order valence-electron chi connectivity index (χ3n) is 3.78. The monoisotopic (exact) mass is 345 g/mol. The summed E-state index contributed by atoms with van der Waals surface area (Å²) in [7, 11) is 0. The van der Waals surface area contributed by atoms with Crippen LogP contribution in [-0.4, -0.2) is 22.2 Å². The minimum Gasteiger partial charge on any atom is -0.431 e. The molecule has 0 unspecified atom stereocenters. The van der Waals surface area contributed by atoms with Crippen LogP contribution in [0.4, 0.5) is 20.8 Å². The lowest BCUT2D eigenvalue weighted by molar-refractivity contribution is 0.0712. The Morgan fingerprint density at radius 1 is 1.20 bits per heavy atom. The van der Waals surface area contributed by atoms with E-state index in [9.17, 15) is 9.18 Å². The predicted octanol–water partition coefficient (Wildman–Crippen LogP) is 4.16. The molecular weight excluding hydrogens is 325 g/mol. The van der Waals surface area contributed by atoms with Gasteiger partial charge in [0.25, 0.3) is 0 Å². The van der Waals surface area contributed by atoms with E-state index < -0.39 is 12.0 Å². The summed E-state index contributed by atoms with van der Waals surface area (Å²) >= 11 is 0. The molecule has 1 aromatic carbocycles. The maximum Gasteiger partial charge on any atom is 0.515 e. The molecule has 0 amide bonds. The van der Waals surface area contributed by atoms with Crippen molar-refractivity contribution in [2.45, 2.75) is 45.6 Å². The van der Waals surface area contributed by atoms with E-state index in [2.05, 4.69) is 15.3 Å². The number of ether oxygens (including phenoxy) is 2. The molecule has 0 radical (unpaired) electrons. The Hall–Kier alpha value is -2.70. The zero-order valence-corrected chi connectivity index (χ0v) is 14.2. The number of halogens is 1. The molecule has 1 N–H and O–H groups in total. The van der Waals surface area contributed by atoms with Crippen molar-refractivity contribution in [3.8, 4) is 5.88 Å². The average Bonchev–Trinajstić information content (AvgIpc) is 2.56. The number of carbonyl (C=O) groups is 1. The third kappa shape index (κ3) is 4.23. The van der Waals surface area contributed by atoms with Crippen molar-refractivity contribution >= 4 is 17.8 Å². The van der Waals surface area contributed by atoms with Crippen molar-refractivity contribution in [1.29, 1.82) is 0 Å². The van der Waals surface area contributed by atoms with Crippen LogP contribution in [0.2, 0.25) is 0 Å². The lowest BCUT2D eigenvalue weighted by Gasteiger charge is -2.19. The Morgan fingerprint density at radius 2 is 1.96 bits per heavy atom. The molecule has 7 heteroatoms. The van der Waals surface area contributed by atoms with Gasteiger partial charge in [0.05, 0.1) is 17.5 Å². The van der Waals surface area contributed by atoms with Crippen LogP contribution >= 0.6 is 0 Å². The van der Waals surface area contributed by atoms with E-state index in [0.29, 0.717) is 0 Å². The molecule has 0 fully saturated rings. The second-order valence-electron chi connectivity index (χ2n) is 6.11. The van der Waals surface area contributed by atoms with Gasteiger partial charge in [-0.2, -0.15) is 4.98 Å². The molecule has 6 nitrogen and oxygen atoms in total. The summed E-state index contributed by atoms with van der Waals surface area (Å²) in [6.45, 7) is 3.48. The van der Waals surface area contributed by atoms with Crippen LogP contribution in [0.1, 0.15) is 37.9 Å². The molecule has 1 aliphatic carbocycles. The number of nitrogens with zero attached hydrogens (tertiary/aromatic N) is 2. The second-order valence-corrected chi connectivity index (χ2v) is 6.11. The predicted molar refractivity (Wildman–Crippen MR) is 90.6 cm³/mol. The van der Waals surface area contributed by atoms with E-state index in [1.807, 2.05) is 0 Å². The first-order valence-electron chi connectivity index (χ1n) is 8.32. The summed E-state index contributed by atoms with van der Waals surface area (Å²) in [5.74, 6) is -0.0437. The Labute approximate surface area is 145 Å². The van der Waals surface area contributed by atoms with Crippen LogP contribution in [0.3, 0.4) is 0 Å². The van der Waals surface area contributed by atoms with Crippen molar-refractivity contribution in [2.75, 3.05) is 5.32 Å². The highest BCUT2D eigenvalue weighted by atomic mass is 19.1. The van der Waals surface area contributed by atoms with Crippen molar-refractivity contribution < 1.29 is 18.7 Å². The van der Waals surface area contributed by atoms with Gasteiger partial charge in [-0.25, -0.2) is 14.2 Å². The van der Waals surface area contributed by atoms with Gasteiger partial charge >= 0.3 is 6.16 Å². The van der Waals surface area contributed by atoms with Gasteiger partial charge in [0.2, 0.25) is 11.8 Å². The first-order valence-corrected chi connectivity index (χ1v) is 8.32. The zero-order valence-electron chi connectivity index (χ0n) is 14.2. The molecule has 3 rings (SSSR count). The quantitative estimate of drug-likeness (QED) is 0.839. The molecular formula is C18H20FN3O3. The summed E-state index contributed by atoms with van der Waals surface area (Å²) in [5.41, 5.74) is 1.88. The largest absolute Gasteiger partial charge is 0.515 e. The van der Waals surface area contributed by atoms with Gasteiger partial charge in [0.1, 0.15) is 5.82 Å². The smallest absolute Gasteiger partial charge is 0.431 e. The van der Waals surface area contributed by atoms with Crippen LogP contribution in [0.5, 0.6) is 5.88 Å². The number of hydrogen-bond acceptors (Lipinski definition) is 6. The molecule has 1 aliphatic rings. The molecule has 0 saturated carbocycles. The van der Waals surface area contributed by atoms with Gasteiger partial charge < -0.3 is 14.8 Å². The number of nitrogens with one attached hydrogen (secondary N) is 1. The highest BCUT2D eigenvalue weighted by Crippen LogP contribution is 2.29. The fraction of sp³-hybridized carbons (Fsp3) is 0.389. The number of benzene rings is 1. The minimum absolute atomic E-state index is 0.175. The van der Waals surface area contributed by atoms with Crippen molar-refractivity contribution in [2.24, 2.45) is 0 Å². The number of aromatic nitrogens is 2. The molecule has 2 aromatic rings. The fourth-order valence-electron chi connectivity index (χ4n) is 2.68. The molecule has 0 bridgehead atoms. The van der Waals surface area contributed by atoms with Crippen LogP contribution in [0.15, 0.2) is 24.3 Å². The molecule has 0 atom stereocenters. The summed E-state index contributed by atoms with van der Waals surface area (Å²) in [5, 5.41) is 2.85. The Balaban J connectivity index is 1.90. The number of rotatable bonds is 4. The SMILES string of the molecule is CC(C)OC(=O)Oc1nc(Nc2ccccc2F)nc2c1CCCC2. The summed E-state index contributed by atoms with van der Waals surface area (Å²) in [6, 6.07) is 6.25. The first-order chi connectivity index (χ1) is 12.0. The number of carbonyl (C=O) groups excluding carboxylic acids is 1. The van der Waals surface area contributed by atoms with Gasteiger partial charge in [-0.3, -0.25) is 0 Å². The Morgan fingerprint density at radius 3 is 2.72 bits per heavy atom. The lowest BCUT2D eigenvalue weighted by Crippen LogP contribution is -2.19. The normalized spacial score (nSPS) is 13.3. The topological polar surface area (TPSA) is 73.3 Å². The van der Waals surface area contributed by atoms with Gasteiger partial charge in [-0.15, -0.1) is 0 Å². The fourth-order valence-corrected chi connectivity index (χ4v) is 2.68. The summed E-state index contributed by atoms with van der Waals surface area (Å²) in [6.07, 6.45) is 2.38. The van der Waals surface area contributed by atoms with E-state index in [-0.39, 0.29) is 23.6 Å². The number of anilines is 2. The maximum absolute atomic E-state index is 13.8. The molecule has 132 valence electrons. The number of para-hydroxylation sites is 1. The van der Waals surface area contributed by atoms with Crippen LogP contribution in [0, 0.1) is 5.82 Å². The van der Waals surface area contributed by atoms with Crippen LogP contribution in [-0.2, 0) is 17.6 Å². The highest BCUT2D eigenvalue weighted by molar-refractivity contribution is 5.65. The molecule has 1 heterocycles. The average molecular weight is 345 g/mol. The summed E-state index contributed by atoms with van der Waals surface area (Å²) in [4.78, 5) is 20.6. The zero-order chi connectivity index (χ0) is 17.8. The minimum atomic E-state index is -0.807. The third-order valence-corrected chi connectivity index (χ3v) is 3.78. The molecule has 0 saturated heterocycles. The van der Waals surface area contributed by atoms with E-state index >= 15 is 0 Å². The van der Waals surface area contributed by atoms with E-state index in [1.165, 1.54) is 6.07 Å². The number of fused-ring (bicyclic) bond motifs is 1. The lowest BCUT2D eigenvalue weighted by atomic mass is 9.97. The van der Waals surface area contributed by atoms with E-state index in [1.54, 1.807) is 32.0 Å². The van der Waals surface area contributed by atoms with Gasteiger partial charge in [0, 0.05) is 5.56 Å². The van der Waals surface area contributed by atoms with Crippen molar-refractivity contribution in [3.05, 3.63) is 41.3 Å². The molecule has 0 aliphatic heterocycles. The highest BCUT2D eigenvalue weighted by Gasteiger charge is 2.22. The maximum atomic E-state index is 13.8. The van der Waals surface area contributed by atoms with Gasteiger partial charge in [-0.1, -0.05) is 12.1 Å². The van der Waals surface area contributed by atoms with Crippen molar-refractivity contribution in [3.63, 3.8) is 0 Å². The molecule has 1 aromatic heterocycles. The van der Waals surface area contributed by atoms with Crippen molar-refractivity contribution in [1.82, 2.24) is 9.97 Å². The summed E-state index contributed by atoms with van der Waals surface area (Å²) < 4.78 is 24.2. The molecule has 25 heavy (non-hydrogen) atoms. The number of aryl methyl sites for hydroxylation is 1. The first kappa shape index (κ1) is 17.1. The van der Waals surface area contributed by atoms with E-state index in [4.69, 9.17) is 9.47 Å². The molecule has 0 spiro atoms. The van der Waals surface area contributed by atoms with Crippen LogP contribution < -0.4 is 10.1 Å². The Bertz CT molecular complexity index is 780. The Kier molecular flexibility index (Phi) is 5.11. The van der Waals surface area contributed by atoms with Crippen LogP contribution in [0.25, 0.3) is 0 Å².